The fourth-order valence-electron chi connectivity index (χ4n) is 4.71. The van der Waals surface area contributed by atoms with Crippen molar-refractivity contribution in [2.45, 2.75) is 43.4 Å². The van der Waals surface area contributed by atoms with Crippen LogP contribution in [0.4, 0.5) is 0 Å². The molecule has 11 heteroatoms. The van der Waals surface area contributed by atoms with Gasteiger partial charge >= 0.3 is 0 Å². The lowest BCUT2D eigenvalue weighted by atomic mass is 9.92. The second kappa shape index (κ2) is 9.82. The van der Waals surface area contributed by atoms with Crippen LogP contribution < -0.4 is 0 Å². The van der Waals surface area contributed by atoms with Crippen LogP contribution in [0.2, 0.25) is 0 Å². The van der Waals surface area contributed by atoms with Crippen molar-refractivity contribution < 1.29 is 27.9 Å². The van der Waals surface area contributed by atoms with Crippen molar-refractivity contribution in [3.63, 3.8) is 0 Å². The number of piperidine rings is 2. The van der Waals surface area contributed by atoms with Gasteiger partial charge in [0, 0.05) is 51.4 Å². The number of rotatable bonds is 5. The van der Waals surface area contributed by atoms with Crippen LogP contribution in [0.15, 0.2) is 23.4 Å². The first-order chi connectivity index (χ1) is 15.4. The second-order valence-corrected chi connectivity index (χ2v) is 10.4. The summed E-state index contributed by atoms with van der Waals surface area (Å²) in [5.74, 6) is -0.629. The highest BCUT2D eigenvalue weighted by Gasteiger charge is 2.42. The number of ether oxygens (including phenoxy) is 1. The van der Waals surface area contributed by atoms with Crippen molar-refractivity contribution in [1.82, 2.24) is 19.1 Å². The number of morpholine rings is 1. The van der Waals surface area contributed by atoms with Crippen LogP contribution >= 0.6 is 0 Å². The van der Waals surface area contributed by atoms with Crippen molar-refractivity contribution in [3.8, 4) is 0 Å². The van der Waals surface area contributed by atoms with Crippen LogP contribution in [-0.2, 0) is 31.0 Å². The van der Waals surface area contributed by atoms with Crippen molar-refractivity contribution >= 4 is 21.8 Å². The normalized spacial score (nSPS) is 25.7. The number of aliphatic hydroxyl groups excluding tert-OH is 1. The Balaban J connectivity index is 1.62. The first-order valence-corrected chi connectivity index (χ1v) is 12.6. The van der Waals surface area contributed by atoms with E-state index in [1.54, 1.807) is 15.9 Å². The minimum atomic E-state index is -4.00. The quantitative estimate of drug-likeness (QED) is 0.639. The number of carbonyl (C=O) groups is 2. The first kappa shape index (κ1) is 23.1. The van der Waals surface area contributed by atoms with Crippen molar-refractivity contribution in [2.24, 2.45) is 5.92 Å². The number of amides is 2. The van der Waals surface area contributed by atoms with E-state index in [0.717, 1.165) is 12.8 Å². The molecule has 3 aliphatic heterocycles. The Morgan fingerprint density at radius 3 is 2.69 bits per heavy atom. The highest BCUT2D eigenvalue weighted by molar-refractivity contribution is 7.89. The molecule has 4 rings (SSSR count). The average Bonchev–Trinajstić information content (AvgIpc) is 2.84. The number of aliphatic hydroxyl groups is 1. The number of carbonyl (C=O) groups excluding carboxylic acids is 2. The zero-order valence-corrected chi connectivity index (χ0v) is 18.9. The maximum absolute atomic E-state index is 13.4. The summed E-state index contributed by atoms with van der Waals surface area (Å²) in [7, 11) is -4.00. The van der Waals surface area contributed by atoms with E-state index in [1.165, 1.54) is 16.6 Å². The van der Waals surface area contributed by atoms with Crippen molar-refractivity contribution in [2.75, 3.05) is 45.9 Å². The Bertz CT molecular complexity index is 949. The Morgan fingerprint density at radius 2 is 1.97 bits per heavy atom. The van der Waals surface area contributed by atoms with Gasteiger partial charge in [-0.2, -0.15) is 4.31 Å². The van der Waals surface area contributed by atoms with Crippen LogP contribution in [0, 0.1) is 5.92 Å². The van der Waals surface area contributed by atoms with E-state index < -0.39 is 15.9 Å². The number of hydrogen-bond donors (Lipinski definition) is 1. The lowest BCUT2D eigenvalue weighted by Gasteiger charge is -2.44. The molecule has 3 aliphatic rings. The van der Waals surface area contributed by atoms with Crippen LogP contribution in [-0.4, -0.2) is 96.4 Å². The third-order valence-electron chi connectivity index (χ3n) is 6.45. The molecule has 0 aromatic carbocycles. The molecule has 0 saturated carbocycles. The summed E-state index contributed by atoms with van der Waals surface area (Å²) in [6, 6.07) is 2.54. The molecule has 2 amide bonds. The summed E-state index contributed by atoms with van der Waals surface area (Å²) in [6.07, 6.45) is 3.95. The number of aromatic nitrogens is 1. The molecule has 0 unspecified atom stereocenters. The number of nitrogens with zero attached hydrogens (tertiary/aromatic N) is 4. The van der Waals surface area contributed by atoms with Gasteiger partial charge in [-0.3, -0.25) is 9.59 Å². The second-order valence-electron chi connectivity index (χ2n) is 8.55. The maximum atomic E-state index is 13.4. The van der Waals surface area contributed by atoms with E-state index in [4.69, 9.17) is 4.74 Å². The molecule has 1 N–H and O–H groups in total. The third-order valence-corrected chi connectivity index (χ3v) is 8.18. The molecule has 1 aromatic heterocycles. The summed E-state index contributed by atoms with van der Waals surface area (Å²) in [5, 5.41) is 9.24. The van der Waals surface area contributed by atoms with E-state index >= 15 is 0 Å². The Labute approximate surface area is 188 Å². The van der Waals surface area contributed by atoms with Gasteiger partial charge in [0.2, 0.25) is 11.8 Å². The van der Waals surface area contributed by atoms with Gasteiger partial charge in [-0.1, -0.05) is 0 Å². The molecule has 32 heavy (non-hydrogen) atoms. The summed E-state index contributed by atoms with van der Waals surface area (Å²) >= 11 is 0. The Kier molecular flexibility index (Phi) is 7.08. The van der Waals surface area contributed by atoms with E-state index in [9.17, 15) is 23.1 Å². The minimum Gasteiger partial charge on any atom is -0.392 e. The smallest absolute Gasteiger partial charge is 0.260 e. The lowest BCUT2D eigenvalue weighted by Crippen LogP contribution is -2.58. The maximum Gasteiger partial charge on any atom is 0.260 e. The summed E-state index contributed by atoms with van der Waals surface area (Å²) in [4.78, 5) is 33.3. The average molecular weight is 467 g/mol. The summed E-state index contributed by atoms with van der Waals surface area (Å²) < 4.78 is 33.5. The zero-order valence-electron chi connectivity index (χ0n) is 18.1. The molecule has 4 heterocycles. The zero-order chi connectivity index (χ0) is 22.7. The standard InChI is InChI=1S/C21H30N4O6S/c26-15-16-4-5-22-19(11-16)32(29,30)24-13-17(21(28)23-7-9-31-10-8-23)12-18(14-24)25-6-2-1-3-20(25)27/h4-5,11,17-18,26H,1-3,6-10,12-15H2/t17-,18+/m0/s1. The molecule has 176 valence electrons. The molecular weight excluding hydrogens is 436 g/mol. The SMILES string of the molecule is O=C([C@H]1C[C@@H](N2CCCCC2=O)CN(S(=O)(=O)c2cc(CO)ccn2)C1)N1CCOCC1. The highest BCUT2D eigenvalue weighted by atomic mass is 32.2. The molecule has 0 radical (unpaired) electrons. The monoisotopic (exact) mass is 466 g/mol. The molecule has 0 bridgehead atoms. The Morgan fingerprint density at radius 1 is 1.19 bits per heavy atom. The number of sulfonamides is 1. The van der Waals surface area contributed by atoms with Gasteiger partial charge in [0.25, 0.3) is 10.0 Å². The minimum absolute atomic E-state index is 0.0125. The molecule has 2 atom stereocenters. The van der Waals surface area contributed by atoms with Crippen molar-refractivity contribution in [1.29, 1.82) is 0 Å². The summed E-state index contributed by atoms with van der Waals surface area (Å²) in [5.41, 5.74) is 0.444. The van der Waals surface area contributed by atoms with Crippen molar-refractivity contribution in [3.05, 3.63) is 23.9 Å². The first-order valence-electron chi connectivity index (χ1n) is 11.1. The predicted octanol–water partition coefficient (Wildman–Crippen LogP) is -0.176. The highest BCUT2D eigenvalue weighted by Crippen LogP contribution is 2.29. The number of likely N-dealkylation sites (tertiary alicyclic amines) is 1. The molecule has 3 fully saturated rings. The lowest BCUT2D eigenvalue weighted by molar-refractivity contribution is -0.145. The van der Waals surface area contributed by atoms with Gasteiger partial charge in [-0.05, 0) is 37.0 Å². The largest absolute Gasteiger partial charge is 0.392 e. The predicted molar refractivity (Wildman–Crippen MR) is 114 cm³/mol. The fraction of sp³-hybridized carbons (Fsp3) is 0.667. The molecule has 0 spiro atoms. The Hall–Kier alpha value is -2.08. The third kappa shape index (κ3) is 4.80. The number of pyridine rings is 1. The van der Waals surface area contributed by atoms with Crippen LogP contribution in [0.1, 0.15) is 31.2 Å². The van der Waals surface area contributed by atoms with E-state index in [1.807, 2.05) is 0 Å². The van der Waals surface area contributed by atoms with E-state index in [2.05, 4.69) is 4.98 Å². The molecule has 1 aromatic rings. The van der Waals surface area contributed by atoms with Crippen LogP contribution in [0.5, 0.6) is 0 Å². The molecule has 3 saturated heterocycles. The summed E-state index contributed by atoms with van der Waals surface area (Å²) in [6.45, 7) is 2.35. The van der Waals surface area contributed by atoms with Crippen LogP contribution in [0.3, 0.4) is 0 Å². The van der Waals surface area contributed by atoms with Gasteiger partial charge in [0.1, 0.15) is 0 Å². The van der Waals surface area contributed by atoms with E-state index in [0.29, 0.717) is 51.3 Å². The van der Waals surface area contributed by atoms with Gasteiger partial charge in [0.15, 0.2) is 5.03 Å². The van der Waals surface area contributed by atoms with Gasteiger partial charge < -0.3 is 19.6 Å². The molecule has 10 nitrogen and oxygen atoms in total. The van der Waals surface area contributed by atoms with Gasteiger partial charge in [0.05, 0.1) is 25.7 Å². The molecular formula is C21H30N4O6S. The fourth-order valence-corrected chi connectivity index (χ4v) is 6.21. The topological polar surface area (TPSA) is 120 Å². The van der Waals surface area contributed by atoms with Gasteiger partial charge in [-0.25, -0.2) is 13.4 Å². The van der Waals surface area contributed by atoms with Gasteiger partial charge in [-0.15, -0.1) is 0 Å². The number of hydrogen-bond acceptors (Lipinski definition) is 7. The van der Waals surface area contributed by atoms with E-state index in [-0.39, 0.29) is 42.6 Å². The molecule has 0 aliphatic carbocycles. The van der Waals surface area contributed by atoms with Crippen LogP contribution in [0.25, 0.3) is 0 Å².